The Morgan fingerprint density at radius 1 is 1.22 bits per heavy atom. The van der Waals surface area contributed by atoms with Crippen LogP contribution in [-0.2, 0) is 0 Å². The molecular weight excluding hydrogens is 290 g/mol. The number of hydrogen-bond acceptors (Lipinski definition) is 6. The van der Waals surface area contributed by atoms with E-state index in [0.717, 1.165) is 44.1 Å². The number of anilines is 2. The molecule has 2 atom stereocenters. The van der Waals surface area contributed by atoms with Gasteiger partial charge in [-0.05, 0) is 45.2 Å². The Balaban J connectivity index is 1.67. The zero-order valence-electron chi connectivity index (χ0n) is 14.1. The van der Waals surface area contributed by atoms with Gasteiger partial charge < -0.3 is 20.2 Å². The smallest absolute Gasteiger partial charge is 0.134 e. The van der Waals surface area contributed by atoms with E-state index in [1.165, 1.54) is 25.8 Å². The molecule has 2 unspecified atom stereocenters. The Hall–Kier alpha value is -1.40. The first-order valence-corrected chi connectivity index (χ1v) is 8.98. The molecule has 2 fully saturated rings. The summed E-state index contributed by atoms with van der Waals surface area (Å²) in [5.74, 6) is 1.84. The summed E-state index contributed by atoms with van der Waals surface area (Å²) in [4.78, 5) is 13.6. The average molecular weight is 319 g/mol. The molecule has 3 heterocycles. The lowest BCUT2D eigenvalue weighted by Crippen LogP contribution is -2.43. The van der Waals surface area contributed by atoms with Gasteiger partial charge in [0, 0.05) is 25.2 Å². The van der Waals surface area contributed by atoms with Gasteiger partial charge in [0.05, 0.1) is 12.6 Å². The Kier molecular flexibility index (Phi) is 5.67. The minimum Gasteiger partial charge on any atom is -0.394 e. The SMILES string of the molecule is CCN1CCCC(Nc2cc(N3CCCCC3CO)ncn2)C1. The first-order chi connectivity index (χ1) is 11.3. The lowest BCUT2D eigenvalue weighted by atomic mass is 10.0. The molecule has 0 bridgehead atoms. The lowest BCUT2D eigenvalue weighted by Gasteiger charge is -2.36. The molecule has 1 aromatic rings. The van der Waals surface area contributed by atoms with Crippen molar-refractivity contribution >= 4 is 11.6 Å². The number of nitrogens with one attached hydrogen (secondary N) is 1. The molecule has 128 valence electrons. The first kappa shape index (κ1) is 16.5. The molecule has 2 N–H and O–H groups in total. The maximum absolute atomic E-state index is 9.60. The van der Waals surface area contributed by atoms with E-state index in [2.05, 4.69) is 32.0 Å². The van der Waals surface area contributed by atoms with Gasteiger partial charge in [-0.25, -0.2) is 9.97 Å². The predicted molar refractivity (Wildman–Crippen MR) is 92.9 cm³/mol. The number of hydrogen-bond donors (Lipinski definition) is 2. The average Bonchev–Trinajstić information content (AvgIpc) is 2.62. The van der Waals surface area contributed by atoms with E-state index < -0.39 is 0 Å². The molecule has 2 aliphatic heterocycles. The maximum Gasteiger partial charge on any atom is 0.134 e. The molecule has 0 aromatic carbocycles. The fourth-order valence-corrected chi connectivity index (χ4v) is 3.74. The molecule has 1 aromatic heterocycles. The third-order valence-electron chi connectivity index (χ3n) is 5.09. The van der Waals surface area contributed by atoms with Crippen LogP contribution in [0.3, 0.4) is 0 Å². The molecule has 0 aliphatic carbocycles. The van der Waals surface area contributed by atoms with Crippen LogP contribution in [0, 0.1) is 0 Å². The number of aromatic nitrogens is 2. The molecule has 0 radical (unpaired) electrons. The lowest BCUT2D eigenvalue weighted by molar-refractivity contribution is 0.226. The van der Waals surface area contributed by atoms with Crippen molar-refractivity contribution in [3.8, 4) is 0 Å². The second-order valence-corrected chi connectivity index (χ2v) is 6.66. The number of nitrogens with zero attached hydrogens (tertiary/aromatic N) is 4. The van der Waals surface area contributed by atoms with Crippen molar-refractivity contribution in [1.29, 1.82) is 0 Å². The van der Waals surface area contributed by atoms with E-state index in [-0.39, 0.29) is 12.6 Å². The third kappa shape index (κ3) is 4.12. The summed E-state index contributed by atoms with van der Waals surface area (Å²) in [5, 5.41) is 13.2. The summed E-state index contributed by atoms with van der Waals surface area (Å²) in [6.45, 7) is 6.78. The molecule has 3 rings (SSSR count). The monoisotopic (exact) mass is 319 g/mol. The molecule has 23 heavy (non-hydrogen) atoms. The first-order valence-electron chi connectivity index (χ1n) is 8.98. The molecule has 2 saturated heterocycles. The minimum absolute atomic E-state index is 0.191. The second kappa shape index (κ2) is 7.93. The highest BCUT2D eigenvalue weighted by molar-refractivity contribution is 5.50. The number of rotatable bonds is 5. The van der Waals surface area contributed by atoms with Gasteiger partial charge >= 0.3 is 0 Å². The summed E-state index contributed by atoms with van der Waals surface area (Å²) in [7, 11) is 0. The standard InChI is InChI=1S/C17H29N5O/c1-2-21-8-5-6-14(11-21)20-16-10-17(19-13-18-16)22-9-4-3-7-15(22)12-23/h10,13-15,23H,2-9,11-12H2,1H3,(H,18,19,20). The van der Waals surface area contributed by atoms with Gasteiger partial charge in [-0.15, -0.1) is 0 Å². The van der Waals surface area contributed by atoms with Crippen molar-refractivity contribution in [2.45, 2.75) is 51.1 Å². The van der Waals surface area contributed by atoms with Crippen LogP contribution in [0.4, 0.5) is 11.6 Å². The van der Waals surface area contributed by atoms with Crippen LogP contribution >= 0.6 is 0 Å². The zero-order valence-corrected chi connectivity index (χ0v) is 14.1. The second-order valence-electron chi connectivity index (χ2n) is 6.66. The molecule has 0 saturated carbocycles. The highest BCUT2D eigenvalue weighted by Gasteiger charge is 2.24. The van der Waals surface area contributed by atoms with Crippen molar-refractivity contribution in [2.24, 2.45) is 0 Å². The van der Waals surface area contributed by atoms with E-state index in [9.17, 15) is 5.11 Å². The van der Waals surface area contributed by atoms with Gasteiger partial charge in [0.1, 0.15) is 18.0 Å². The number of piperidine rings is 2. The van der Waals surface area contributed by atoms with E-state index in [0.29, 0.717) is 6.04 Å². The van der Waals surface area contributed by atoms with E-state index in [1.54, 1.807) is 6.33 Å². The van der Waals surface area contributed by atoms with Crippen LogP contribution < -0.4 is 10.2 Å². The van der Waals surface area contributed by atoms with Gasteiger partial charge in [-0.2, -0.15) is 0 Å². The zero-order chi connectivity index (χ0) is 16.1. The third-order valence-corrected chi connectivity index (χ3v) is 5.09. The van der Waals surface area contributed by atoms with Gasteiger partial charge in [0.2, 0.25) is 0 Å². The highest BCUT2D eigenvalue weighted by Crippen LogP contribution is 2.24. The summed E-state index contributed by atoms with van der Waals surface area (Å²) in [6.07, 6.45) is 7.46. The summed E-state index contributed by atoms with van der Waals surface area (Å²) in [5.41, 5.74) is 0. The van der Waals surface area contributed by atoms with Crippen LogP contribution in [0.15, 0.2) is 12.4 Å². The quantitative estimate of drug-likeness (QED) is 0.862. The van der Waals surface area contributed by atoms with E-state index >= 15 is 0 Å². The maximum atomic E-state index is 9.60. The van der Waals surface area contributed by atoms with Gasteiger partial charge in [0.15, 0.2) is 0 Å². The Labute approximate surface area is 138 Å². The predicted octanol–water partition coefficient (Wildman–Crippen LogP) is 1.72. The number of likely N-dealkylation sites (N-methyl/N-ethyl adjacent to an activating group) is 1. The van der Waals surface area contributed by atoms with Crippen LogP contribution in [0.5, 0.6) is 0 Å². The summed E-state index contributed by atoms with van der Waals surface area (Å²) in [6, 6.07) is 2.69. The molecule has 0 amide bonds. The Bertz CT molecular complexity index is 498. The number of aliphatic hydroxyl groups is 1. The van der Waals surface area contributed by atoms with Crippen molar-refractivity contribution < 1.29 is 5.11 Å². The normalized spacial score (nSPS) is 26.3. The number of likely N-dealkylation sites (tertiary alicyclic amines) is 1. The van der Waals surface area contributed by atoms with Crippen LogP contribution in [-0.4, -0.2) is 64.8 Å². The van der Waals surface area contributed by atoms with E-state index in [1.807, 2.05) is 6.07 Å². The molecule has 6 heteroatoms. The van der Waals surface area contributed by atoms with Gasteiger partial charge in [-0.1, -0.05) is 6.92 Å². The number of aliphatic hydroxyl groups excluding tert-OH is 1. The molecular formula is C17H29N5O. The Morgan fingerprint density at radius 3 is 2.96 bits per heavy atom. The van der Waals surface area contributed by atoms with Crippen LogP contribution in [0.2, 0.25) is 0 Å². The summed E-state index contributed by atoms with van der Waals surface area (Å²) < 4.78 is 0. The van der Waals surface area contributed by atoms with Gasteiger partial charge in [0.25, 0.3) is 0 Å². The van der Waals surface area contributed by atoms with Gasteiger partial charge in [-0.3, -0.25) is 0 Å². The molecule has 0 spiro atoms. The highest BCUT2D eigenvalue weighted by atomic mass is 16.3. The topological polar surface area (TPSA) is 64.5 Å². The largest absolute Gasteiger partial charge is 0.394 e. The van der Waals surface area contributed by atoms with Crippen LogP contribution in [0.1, 0.15) is 39.0 Å². The van der Waals surface area contributed by atoms with E-state index in [4.69, 9.17) is 0 Å². The van der Waals surface area contributed by atoms with Crippen molar-refractivity contribution in [2.75, 3.05) is 43.0 Å². The molecule has 6 nitrogen and oxygen atoms in total. The fourth-order valence-electron chi connectivity index (χ4n) is 3.74. The van der Waals surface area contributed by atoms with Crippen molar-refractivity contribution in [3.05, 3.63) is 12.4 Å². The minimum atomic E-state index is 0.191. The molecule has 2 aliphatic rings. The Morgan fingerprint density at radius 2 is 2.13 bits per heavy atom. The van der Waals surface area contributed by atoms with Crippen molar-refractivity contribution in [3.63, 3.8) is 0 Å². The summed E-state index contributed by atoms with van der Waals surface area (Å²) >= 11 is 0. The van der Waals surface area contributed by atoms with Crippen LogP contribution in [0.25, 0.3) is 0 Å². The van der Waals surface area contributed by atoms with Crippen molar-refractivity contribution in [1.82, 2.24) is 14.9 Å². The fraction of sp³-hybridized carbons (Fsp3) is 0.765.